The molecule has 0 saturated heterocycles. The largest absolute Gasteiger partial charge is 0.324 e. The lowest BCUT2D eigenvalue weighted by molar-refractivity contribution is 0.364. The zero-order chi connectivity index (χ0) is 14.2. The van der Waals surface area contributed by atoms with Crippen LogP contribution in [0, 0.1) is 5.82 Å². The van der Waals surface area contributed by atoms with E-state index in [9.17, 15) is 4.39 Å². The van der Waals surface area contributed by atoms with E-state index in [-0.39, 0.29) is 11.4 Å². The monoisotopic (exact) mass is 333 g/mol. The standard InChI is InChI=1S/C17H17BrFN/c18-15-6-5-14(16(19)9-15)11-17(20)8-7-12-3-1-2-4-13(12)10-17/h1-6,9H,7-8,10-11,20H2. The molecule has 2 aromatic rings. The minimum absolute atomic E-state index is 0.178. The lowest BCUT2D eigenvalue weighted by Gasteiger charge is -2.35. The second kappa shape index (κ2) is 5.30. The van der Waals surface area contributed by atoms with Gasteiger partial charge in [-0.2, -0.15) is 0 Å². The first kappa shape index (κ1) is 13.8. The molecule has 0 heterocycles. The third kappa shape index (κ3) is 2.79. The molecule has 1 nitrogen and oxygen atoms in total. The summed E-state index contributed by atoms with van der Waals surface area (Å²) in [7, 11) is 0. The molecule has 0 radical (unpaired) electrons. The molecule has 3 rings (SSSR count). The van der Waals surface area contributed by atoms with E-state index in [0.29, 0.717) is 12.0 Å². The Labute approximate surface area is 127 Å². The molecule has 1 unspecified atom stereocenters. The maximum atomic E-state index is 14.0. The van der Waals surface area contributed by atoms with Crippen LogP contribution in [-0.4, -0.2) is 5.54 Å². The molecule has 0 spiro atoms. The zero-order valence-electron chi connectivity index (χ0n) is 11.2. The molecule has 1 aliphatic rings. The van der Waals surface area contributed by atoms with E-state index in [1.165, 1.54) is 17.2 Å². The molecule has 0 aliphatic heterocycles. The summed E-state index contributed by atoms with van der Waals surface area (Å²) in [6.45, 7) is 0. The summed E-state index contributed by atoms with van der Waals surface area (Å²) < 4.78 is 14.7. The van der Waals surface area contributed by atoms with E-state index in [0.717, 1.165) is 23.7 Å². The van der Waals surface area contributed by atoms with Gasteiger partial charge >= 0.3 is 0 Å². The molecule has 0 saturated carbocycles. The Hall–Kier alpha value is -1.19. The molecular formula is C17H17BrFN. The van der Waals surface area contributed by atoms with Crippen LogP contribution in [0.15, 0.2) is 46.9 Å². The predicted octanol–water partition coefficient (Wildman–Crippen LogP) is 4.02. The van der Waals surface area contributed by atoms with Gasteiger partial charge in [-0.25, -0.2) is 4.39 Å². The number of hydrogen-bond acceptors (Lipinski definition) is 1. The summed E-state index contributed by atoms with van der Waals surface area (Å²) in [4.78, 5) is 0. The van der Waals surface area contributed by atoms with Crippen LogP contribution in [0.4, 0.5) is 4.39 Å². The molecule has 0 fully saturated rings. The van der Waals surface area contributed by atoms with Crippen LogP contribution >= 0.6 is 15.9 Å². The number of benzene rings is 2. The van der Waals surface area contributed by atoms with Crippen molar-refractivity contribution in [3.05, 3.63) is 69.4 Å². The molecule has 0 aromatic heterocycles. The summed E-state index contributed by atoms with van der Waals surface area (Å²) >= 11 is 3.29. The normalized spacial score (nSPS) is 21.6. The van der Waals surface area contributed by atoms with E-state index < -0.39 is 0 Å². The molecule has 20 heavy (non-hydrogen) atoms. The van der Waals surface area contributed by atoms with Gasteiger partial charge in [0.15, 0.2) is 0 Å². The van der Waals surface area contributed by atoms with Crippen molar-refractivity contribution in [1.82, 2.24) is 0 Å². The Morgan fingerprint density at radius 1 is 1.15 bits per heavy atom. The van der Waals surface area contributed by atoms with Gasteiger partial charge in [0, 0.05) is 10.0 Å². The average molecular weight is 334 g/mol. The molecule has 1 aliphatic carbocycles. The minimum atomic E-state index is -0.344. The summed E-state index contributed by atoms with van der Waals surface area (Å²) in [5.74, 6) is -0.178. The Morgan fingerprint density at radius 2 is 1.90 bits per heavy atom. The van der Waals surface area contributed by atoms with Crippen molar-refractivity contribution in [3.8, 4) is 0 Å². The molecule has 0 amide bonds. The molecule has 2 N–H and O–H groups in total. The average Bonchev–Trinajstić information content (AvgIpc) is 2.42. The number of hydrogen-bond donors (Lipinski definition) is 1. The fraction of sp³-hybridized carbons (Fsp3) is 0.294. The Balaban J connectivity index is 1.84. The first-order valence-corrected chi connectivity index (χ1v) is 7.65. The maximum absolute atomic E-state index is 14.0. The zero-order valence-corrected chi connectivity index (χ0v) is 12.8. The summed E-state index contributed by atoms with van der Waals surface area (Å²) in [6, 6.07) is 13.6. The lowest BCUT2D eigenvalue weighted by atomic mass is 9.75. The van der Waals surface area contributed by atoms with E-state index >= 15 is 0 Å². The van der Waals surface area contributed by atoms with Crippen LogP contribution in [0.2, 0.25) is 0 Å². The molecule has 1 atom stereocenters. The number of fused-ring (bicyclic) bond motifs is 1. The van der Waals surface area contributed by atoms with E-state index in [4.69, 9.17) is 5.73 Å². The van der Waals surface area contributed by atoms with Crippen molar-refractivity contribution >= 4 is 15.9 Å². The number of halogens is 2. The SMILES string of the molecule is NC1(Cc2ccc(Br)cc2F)CCc2ccccc2C1. The van der Waals surface area contributed by atoms with Crippen LogP contribution in [-0.2, 0) is 19.3 Å². The van der Waals surface area contributed by atoms with Gasteiger partial charge in [-0.15, -0.1) is 0 Å². The summed E-state index contributed by atoms with van der Waals surface area (Å²) in [6.07, 6.45) is 3.28. The number of nitrogens with two attached hydrogens (primary N) is 1. The highest BCUT2D eigenvalue weighted by atomic mass is 79.9. The topological polar surface area (TPSA) is 26.0 Å². The number of rotatable bonds is 2. The van der Waals surface area contributed by atoms with E-state index in [2.05, 4.69) is 34.1 Å². The van der Waals surface area contributed by atoms with Crippen molar-refractivity contribution in [1.29, 1.82) is 0 Å². The summed E-state index contributed by atoms with van der Waals surface area (Å²) in [5.41, 5.74) is 9.58. The second-order valence-electron chi connectivity index (χ2n) is 5.72. The first-order chi connectivity index (χ1) is 9.56. The fourth-order valence-corrected chi connectivity index (χ4v) is 3.35. The van der Waals surface area contributed by atoms with Crippen molar-refractivity contribution in [3.63, 3.8) is 0 Å². The highest BCUT2D eigenvalue weighted by Gasteiger charge is 2.31. The van der Waals surface area contributed by atoms with Gasteiger partial charge in [-0.3, -0.25) is 0 Å². The van der Waals surface area contributed by atoms with Gasteiger partial charge in [0.2, 0.25) is 0 Å². The van der Waals surface area contributed by atoms with Gasteiger partial charge in [0.25, 0.3) is 0 Å². The molecule has 0 bridgehead atoms. The Morgan fingerprint density at radius 3 is 2.65 bits per heavy atom. The van der Waals surface area contributed by atoms with Crippen molar-refractivity contribution < 1.29 is 4.39 Å². The van der Waals surface area contributed by atoms with Crippen molar-refractivity contribution in [2.45, 2.75) is 31.2 Å². The smallest absolute Gasteiger partial charge is 0.127 e. The van der Waals surface area contributed by atoms with E-state index in [1.54, 1.807) is 0 Å². The second-order valence-corrected chi connectivity index (χ2v) is 6.64. The first-order valence-electron chi connectivity index (χ1n) is 6.85. The highest BCUT2D eigenvalue weighted by Crippen LogP contribution is 2.30. The molecule has 2 aromatic carbocycles. The predicted molar refractivity (Wildman–Crippen MR) is 83.2 cm³/mol. The molecule has 3 heteroatoms. The van der Waals surface area contributed by atoms with Crippen LogP contribution < -0.4 is 5.73 Å². The maximum Gasteiger partial charge on any atom is 0.127 e. The third-order valence-electron chi connectivity index (χ3n) is 4.11. The van der Waals surface area contributed by atoms with Gasteiger partial charge < -0.3 is 5.73 Å². The van der Waals surface area contributed by atoms with Gasteiger partial charge in [-0.1, -0.05) is 46.3 Å². The van der Waals surface area contributed by atoms with Crippen molar-refractivity contribution in [2.75, 3.05) is 0 Å². The van der Waals surface area contributed by atoms with Crippen LogP contribution in [0.3, 0.4) is 0 Å². The fourth-order valence-electron chi connectivity index (χ4n) is 3.02. The van der Waals surface area contributed by atoms with Crippen LogP contribution in [0.1, 0.15) is 23.1 Å². The highest BCUT2D eigenvalue weighted by molar-refractivity contribution is 9.10. The minimum Gasteiger partial charge on any atom is -0.324 e. The molecular weight excluding hydrogens is 317 g/mol. The lowest BCUT2D eigenvalue weighted by Crippen LogP contribution is -2.47. The van der Waals surface area contributed by atoms with Gasteiger partial charge in [0.05, 0.1) is 0 Å². The van der Waals surface area contributed by atoms with E-state index in [1.807, 2.05) is 18.2 Å². The number of aryl methyl sites for hydroxylation is 1. The Bertz CT molecular complexity index is 641. The molecule has 104 valence electrons. The van der Waals surface area contributed by atoms with Crippen LogP contribution in [0.25, 0.3) is 0 Å². The van der Waals surface area contributed by atoms with Gasteiger partial charge in [-0.05, 0) is 54.5 Å². The quantitative estimate of drug-likeness (QED) is 0.882. The van der Waals surface area contributed by atoms with Crippen LogP contribution in [0.5, 0.6) is 0 Å². The van der Waals surface area contributed by atoms with Gasteiger partial charge in [0.1, 0.15) is 5.82 Å². The Kier molecular flexibility index (Phi) is 3.65. The third-order valence-corrected chi connectivity index (χ3v) is 4.60. The van der Waals surface area contributed by atoms with Crippen molar-refractivity contribution in [2.24, 2.45) is 5.73 Å². The summed E-state index contributed by atoms with van der Waals surface area (Å²) in [5, 5.41) is 0.